The fraction of sp³-hybridized carbons (Fsp3) is 0.632. The van der Waals surface area contributed by atoms with Gasteiger partial charge in [-0.25, -0.2) is 0 Å². The second-order valence-corrected chi connectivity index (χ2v) is 7.21. The Hall–Kier alpha value is -2.19. The molecule has 0 aromatic heterocycles. The van der Waals surface area contributed by atoms with Gasteiger partial charge in [0.2, 0.25) is 5.91 Å². The Balaban J connectivity index is 1.79. The topological polar surface area (TPSA) is 93.9 Å². The molecule has 1 amide bonds. The van der Waals surface area contributed by atoms with E-state index in [1.54, 1.807) is 0 Å². The van der Waals surface area contributed by atoms with Crippen molar-refractivity contribution in [2.75, 3.05) is 38.7 Å². The molecule has 1 aliphatic heterocycles. The Labute approximate surface area is 160 Å². The first kappa shape index (κ1) is 21.1. The first-order valence-corrected chi connectivity index (χ1v) is 9.35. The van der Waals surface area contributed by atoms with Crippen molar-refractivity contribution < 1.29 is 19.2 Å². The van der Waals surface area contributed by atoms with E-state index in [-0.39, 0.29) is 11.6 Å². The molecule has 0 aliphatic carbocycles. The van der Waals surface area contributed by atoms with Crippen LogP contribution in [0.2, 0.25) is 0 Å². The lowest BCUT2D eigenvalue weighted by molar-refractivity contribution is -0.384. The Morgan fingerprint density at radius 1 is 1.37 bits per heavy atom. The molecule has 1 aromatic rings. The Bertz CT molecular complexity index is 642. The average Bonchev–Trinajstić information content (AvgIpc) is 2.65. The summed E-state index contributed by atoms with van der Waals surface area (Å²) >= 11 is 0. The number of carbonyl (C=O) groups excluding carboxylic acids is 1. The number of likely N-dealkylation sites (tertiary alicyclic amines) is 1. The van der Waals surface area contributed by atoms with Crippen molar-refractivity contribution in [3.63, 3.8) is 0 Å². The van der Waals surface area contributed by atoms with Crippen LogP contribution in [0.25, 0.3) is 0 Å². The highest BCUT2D eigenvalue weighted by molar-refractivity contribution is 5.92. The molecule has 8 nitrogen and oxygen atoms in total. The molecule has 1 aliphatic rings. The van der Waals surface area contributed by atoms with Gasteiger partial charge < -0.3 is 19.7 Å². The van der Waals surface area contributed by atoms with E-state index >= 15 is 0 Å². The minimum Gasteiger partial charge on any atom is -0.495 e. The first-order valence-electron chi connectivity index (χ1n) is 9.35. The standard InChI is InChI=1S/C19H29N3O5/c1-14(2)13-27-16-6-9-21(10-7-16)11-8-19(23)20-17-12-15(22(24)25)4-5-18(17)26-3/h4-5,12,14,16H,6-11,13H2,1-3H3,(H,20,23). The van der Waals surface area contributed by atoms with Gasteiger partial charge in [0.05, 0.1) is 23.8 Å². The normalized spacial score (nSPS) is 15.7. The van der Waals surface area contributed by atoms with Crippen molar-refractivity contribution in [2.45, 2.75) is 39.2 Å². The molecule has 150 valence electrons. The van der Waals surface area contributed by atoms with E-state index in [1.807, 2.05) is 0 Å². The van der Waals surface area contributed by atoms with Crippen LogP contribution in [0.4, 0.5) is 11.4 Å². The molecule has 1 heterocycles. The summed E-state index contributed by atoms with van der Waals surface area (Å²) in [5, 5.41) is 13.6. The van der Waals surface area contributed by atoms with Crippen molar-refractivity contribution in [1.29, 1.82) is 0 Å². The number of nitro benzene ring substituents is 1. The van der Waals surface area contributed by atoms with E-state index in [0.717, 1.165) is 32.5 Å². The Morgan fingerprint density at radius 3 is 2.67 bits per heavy atom. The minimum absolute atomic E-state index is 0.0884. The van der Waals surface area contributed by atoms with Crippen molar-refractivity contribution in [3.8, 4) is 5.75 Å². The van der Waals surface area contributed by atoms with E-state index in [2.05, 4.69) is 24.1 Å². The average molecular weight is 379 g/mol. The maximum Gasteiger partial charge on any atom is 0.271 e. The molecule has 0 unspecified atom stereocenters. The van der Waals surface area contributed by atoms with Crippen LogP contribution >= 0.6 is 0 Å². The second kappa shape index (κ2) is 10.2. The third kappa shape index (κ3) is 6.80. The number of nitrogens with one attached hydrogen (secondary N) is 1. The zero-order chi connectivity index (χ0) is 19.8. The summed E-state index contributed by atoms with van der Waals surface area (Å²) in [5.74, 6) is 0.751. The van der Waals surface area contributed by atoms with Gasteiger partial charge in [-0.05, 0) is 24.8 Å². The zero-order valence-corrected chi connectivity index (χ0v) is 16.3. The number of anilines is 1. The predicted molar refractivity (Wildman–Crippen MR) is 103 cm³/mol. The molecule has 0 saturated carbocycles. The van der Waals surface area contributed by atoms with Crippen molar-refractivity contribution in [1.82, 2.24) is 4.90 Å². The lowest BCUT2D eigenvalue weighted by atomic mass is 10.1. The van der Waals surface area contributed by atoms with E-state index < -0.39 is 4.92 Å². The van der Waals surface area contributed by atoms with Crippen LogP contribution in [-0.4, -0.2) is 55.2 Å². The van der Waals surface area contributed by atoms with Gasteiger partial charge in [0.15, 0.2) is 0 Å². The minimum atomic E-state index is -0.499. The van der Waals surface area contributed by atoms with E-state index in [9.17, 15) is 14.9 Å². The number of amides is 1. The Kier molecular flexibility index (Phi) is 7.99. The number of rotatable bonds is 9. The number of benzene rings is 1. The van der Waals surface area contributed by atoms with Crippen LogP contribution in [0.3, 0.4) is 0 Å². The molecule has 1 aromatic carbocycles. The number of ether oxygens (including phenoxy) is 2. The summed E-state index contributed by atoms with van der Waals surface area (Å²) in [6, 6.07) is 4.14. The number of hydrogen-bond donors (Lipinski definition) is 1. The quantitative estimate of drug-likeness (QED) is 0.523. The number of piperidine rings is 1. The van der Waals surface area contributed by atoms with Crippen LogP contribution in [0.15, 0.2) is 18.2 Å². The van der Waals surface area contributed by atoms with Gasteiger partial charge in [-0.3, -0.25) is 14.9 Å². The third-order valence-electron chi connectivity index (χ3n) is 4.52. The van der Waals surface area contributed by atoms with Gasteiger partial charge in [-0.1, -0.05) is 13.8 Å². The van der Waals surface area contributed by atoms with Crippen molar-refractivity contribution in [3.05, 3.63) is 28.3 Å². The number of hydrogen-bond acceptors (Lipinski definition) is 6. The molecule has 1 saturated heterocycles. The monoisotopic (exact) mass is 379 g/mol. The number of carbonyl (C=O) groups is 1. The summed E-state index contributed by atoms with van der Waals surface area (Å²) in [6.45, 7) is 7.55. The lowest BCUT2D eigenvalue weighted by Crippen LogP contribution is -2.38. The Morgan fingerprint density at radius 2 is 2.07 bits per heavy atom. The van der Waals surface area contributed by atoms with Gasteiger partial charge in [0.1, 0.15) is 5.75 Å². The summed E-state index contributed by atoms with van der Waals surface area (Å²) in [5.41, 5.74) is 0.229. The van der Waals surface area contributed by atoms with E-state index in [0.29, 0.717) is 36.4 Å². The summed E-state index contributed by atoms with van der Waals surface area (Å²) < 4.78 is 11.0. The molecule has 2 rings (SSSR count). The fourth-order valence-electron chi connectivity index (χ4n) is 3.01. The van der Waals surface area contributed by atoms with Gasteiger partial charge >= 0.3 is 0 Å². The molecule has 27 heavy (non-hydrogen) atoms. The molecule has 0 atom stereocenters. The molecule has 0 bridgehead atoms. The highest BCUT2D eigenvalue weighted by Gasteiger charge is 2.21. The van der Waals surface area contributed by atoms with E-state index in [4.69, 9.17) is 9.47 Å². The van der Waals surface area contributed by atoms with Gasteiger partial charge in [-0.2, -0.15) is 0 Å². The molecule has 1 fully saturated rings. The maximum atomic E-state index is 12.3. The predicted octanol–water partition coefficient (Wildman–Crippen LogP) is 3.07. The van der Waals surface area contributed by atoms with Crippen LogP contribution in [0.5, 0.6) is 5.75 Å². The molecule has 0 spiro atoms. The summed E-state index contributed by atoms with van der Waals surface area (Å²) in [7, 11) is 1.46. The molecular weight excluding hydrogens is 350 g/mol. The van der Waals surface area contributed by atoms with Crippen molar-refractivity contribution >= 4 is 17.3 Å². The zero-order valence-electron chi connectivity index (χ0n) is 16.3. The van der Waals surface area contributed by atoms with Gasteiger partial charge in [-0.15, -0.1) is 0 Å². The highest BCUT2D eigenvalue weighted by atomic mass is 16.6. The number of nitrogens with zero attached hydrogens (tertiary/aromatic N) is 2. The van der Waals surface area contributed by atoms with Crippen LogP contribution in [0, 0.1) is 16.0 Å². The highest BCUT2D eigenvalue weighted by Crippen LogP contribution is 2.29. The van der Waals surface area contributed by atoms with Crippen LogP contribution < -0.4 is 10.1 Å². The molecule has 1 N–H and O–H groups in total. The SMILES string of the molecule is COc1ccc([N+](=O)[O-])cc1NC(=O)CCN1CCC(OCC(C)C)CC1. The molecule has 0 radical (unpaired) electrons. The lowest BCUT2D eigenvalue weighted by Gasteiger charge is -2.32. The number of non-ortho nitro benzene ring substituents is 1. The second-order valence-electron chi connectivity index (χ2n) is 7.21. The van der Waals surface area contributed by atoms with E-state index in [1.165, 1.54) is 25.3 Å². The first-order chi connectivity index (χ1) is 12.9. The third-order valence-corrected chi connectivity index (χ3v) is 4.52. The smallest absolute Gasteiger partial charge is 0.271 e. The largest absolute Gasteiger partial charge is 0.495 e. The summed E-state index contributed by atoms with van der Waals surface area (Å²) in [4.78, 5) is 24.9. The van der Waals surface area contributed by atoms with Gasteiger partial charge in [0.25, 0.3) is 5.69 Å². The molecule has 8 heteroatoms. The van der Waals surface area contributed by atoms with Crippen LogP contribution in [-0.2, 0) is 9.53 Å². The maximum absolute atomic E-state index is 12.3. The molecular formula is C19H29N3O5. The van der Waals surface area contributed by atoms with Crippen molar-refractivity contribution in [2.24, 2.45) is 5.92 Å². The summed E-state index contributed by atoms with van der Waals surface area (Å²) in [6.07, 6.45) is 2.59. The van der Waals surface area contributed by atoms with Crippen LogP contribution in [0.1, 0.15) is 33.1 Å². The number of methoxy groups -OCH3 is 1. The van der Waals surface area contributed by atoms with Gasteiger partial charge in [0, 0.05) is 44.8 Å². The number of nitro groups is 1. The fourth-order valence-corrected chi connectivity index (χ4v) is 3.01.